The number of nitrogens with two attached hydrogens (primary N) is 1. The van der Waals surface area contributed by atoms with Gasteiger partial charge in [-0.2, -0.15) is 0 Å². The van der Waals surface area contributed by atoms with Crippen LogP contribution in [0.15, 0.2) is 30.5 Å². The molecule has 1 unspecified atom stereocenters. The first kappa shape index (κ1) is 15.1. The van der Waals surface area contributed by atoms with Gasteiger partial charge in [0.15, 0.2) is 0 Å². The van der Waals surface area contributed by atoms with Crippen molar-refractivity contribution in [3.05, 3.63) is 30.5 Å². The number of nitrogen functional groups attached to an aromatic ring is 1. The molecule has 2 aromatic rings. The first-order valence-corrected chi connectivity index (χ1v) is 7.16. The second-order valence-corrected chi connectivity index (χ2v) is 5.61. The number of carbonyl (C=O) groups is 1. The first-order chi connectivity index (χ1) is 9.99. The van der Waals surface area contributed by atoms with Crippen LogP contribution in [-0.4, -0.2) is 23.5 Å². The molecule has 5 nitrogen and oxygen atoms in total. The maximum Gasteiger partial charge on any atom is 0.242 e. The van der Waals surface area contributed by atoms with Gasteiger partial charge in [0.1, 0.15) is 6.04 Å². The molecule has 0 saturated carbocycles. The fourth-order valence-electron chi connectivity index (χ4n) is 2.08. The molecule has 1 atom stereocenters. The van der Waals surface area contributed by atoms with E-state index in [0.717, 1.165) is 16.6 Å². The quantitative estimate of drug-likeness (QED) is 0.737. The zero-order valence-electron chi connectivity index (χ0n) is 12.7. The van der Waals surface area contributed by atoms with Gasteiger partial charge < -0.3 is 16.4 Å². The number of hydrogen-bond acceptors (Lipinski definition) is 4. The average Bonchev–Trinajstić information content (AvgIpc) is 2.47. The Morgan fingerprint density at radius 1 is 1.29 bits per heavy atom. The predicted octanol–water partition coefficient (Wildman–Crippen LogP) is 2.39. The topological polar surface area (TPSA) is 80.0 Å². The van der Waals surface area contributed by atoms with E-state index in [-0.39, 0.29) is 11.9 Å². The maximum atomic E-state index is 12.0. The molecule has 2 rings (SSSR count). The second-order valence-electron chi connectivity index (χ2n) is 5.61. The van der Waals surface area contributed by atoms with Gasteiger partial charge >= 0.3 is 0 Å². The van der Waals surface area contributed by atoms with Crippen LogP contribution in [0.5, 0.6) is 0 Å². The minimum atomic E-state index is -0.323. The number of amides is 1. The first-order valence-electron chi connectivity index (χ1n) is 7.16. The molecule has 1 aromatic carbocycles. The van der Waals surface area contributed by atoms with Crippen LogP contribution in [0.1, 0.15) is 20.8 Å². The van der Waals surface area contributed by atoms with E-state index < -0.39 is 0 Å². The van der Waals surface area contributed by atoms with Crippen LogP contribution in [0.25, 0.3) is 10.9 Å². The summed E-state index contributed by atoms with van der Waals surface area (Å²) in [7, 11) is 0. The average molecular weight is 286 g/mol. The minimum absolute atomic E-state index is 0.0161. The van der Waals surface area contributed by atoms with Gasteiger partial charge in [0.05, 0.1) is 11.2 Å². The van der Waals surface area contributed by atoms with Gasteiger partial charge in [-0.05, 0) is 37.1 Å². The minimum Gasteiger partial charge on any atom is -0.397 e. The van der Waals surface area contributed by atoms with Crippen molar-refractivity contribution in [2.75, 3.05) is 17.6 Å². The third-order valence-corrected chi connectivity index (χ3v) is 3.25. The standard InChI is InChI=1S/C16H22N4O/c1-10(2)9-19-16(21)11(3)20-14-7-6-13(17)15-12(14)5-4-8-18-15/h4-8,10-11,20H,9,17H2,1-3H3,(H,19,21). The van der Waals surface area contributed by atoms with Crippen molar-refractivity contribution in [1.82, 2.24) is 10.3 Å². The normalized spacial score (nSPS) is 12.4. The molecule has 0 aliphatic rings. The Labute approximate surface area is 124 Å². The summed E-state index contributed by atoms with van der Waals surface area (Å²) in [5.74, 6) is 0.417. The van der Waals surface area contributed by atoms with Crippen molar-refractivity contribution in [1.29, 1.82) is 0 Å². The fourth-order valence-corrected chi connectivity index (χ4v) is 2.08. The van der Waals surface area contributed by atoms with Crippen molar-refractivity contribution in [2.45, 2.75) is 26.8 Å². The summed E-state index contributed by atoms with van der Waals surface area (Å²) in [6.45, 7) is 6.65. The molecule has 0 aliphatic carbocycles. The molecule has 5 heteroatoms. The van der Waals surface area contributed by atoms with Crippen LogP contribution in [0, 0.1) is 5.92 Å². The van der Waals surface area contributed by atoms with E-state index in [2.05, 4.69) is 29.5 Å². The van der Waals surface area contributed by atoms with E-state index in [1.54, 1.807) is 12.3 Å². The number of anilines is 2. The van der Waals surface area contributed by atoms with Crippen molar-refractivity contribution < 1.29 is 4.79 Å². The van der Waals surface area contributed by atoms with E-state index >= 15 is 0 Å². The van der Waals surface area contributed by atoms with Crippen LogP contribution in [0.4, 0.5) is 11.4 Å². The third-order valence-electron chi connectivity index (χ3n) is 3.25. The van der Waals surface area contributed by atoms with Crippen molar-refractivity contribution in [3.8, 4) is 0 Å². The zero-order chi connectivity index (χ0) is 15.4. The third kappa shape index (κ3) is 3.62. The Kier molecular flexibility index (Phi) is 4.62. The molecular weight excluding hydrogens is 264 g/mol. The monoisotopic (exact) mass is 286 g/mol. The highest BCUT2D eigenvalue weighted by Gasteiger charge is 2.14. The van der Waals surface area contributed by atoms with Gasteiger partial charge in [-0.15, -0.1) is 0 Å². The molecule has 21 heavy (non-hydrogen) atoms. The highest BCUT2D eigenvalue weighted by atomic mass is 16.2. The van der Waals surface area contributed by atoms with E-state index in [1.165, 1.54) is 0 Å². The number of fused-ring (bicyclic) bond motifs is 1. The number of hydrogen-bond donors (Lipinski definition) is 3. The molecule has 0 saturated heterocycles. The van der Waals surface area contributed by atoms with E-state index in [1.807, 2.05) is 25.1 Å². The molecule has 1 heterocycles. The summed E-state index contributed by atoms with van der Waals surface area (Å²) in [6, 6.07) is 7.16. The number of rotatable bonds is 5. The van der Waals surface area contributed by atoms with Gasteiger partial charge in [-0.1, -0.05) is 13.8 Å². The molecule has 0 fully saturated rings. The molecule has 0 spiro atoms. The van der Waals surface area contributed by atoms with Crippen LogP contribution in [0.3, 0.4) is 0 Å². The molecule has 0 radical (unpaired) electrons. The van der Waals surface area contributed by atoms with E-state index in [4.69, 9.17) is 5.73 Å². The predicted molar refractivity (Wildman–Crippen MR) is 87.1 cm³/mol. The lowest BCUT2D eigenvalue weighted by Gasteiger charge is -2.17. The molecule has 1 amide bonds. The largest absolute Gasteiger partial charge is 0.397 e. The molecule has 4 N–H and O–H groups in total. The summed E-state index contributed by atoms with van der Waals surface area (Å²) >= 11 is 0. The van der Waals surface area contributed by atoms with Crippen LogP contribution in [-0.2, 0) is 4.79 Å². The second kappa shape index (κ2) is 6.43. The van der Waals surface area contributed by atoms with Gasteiger partial charge in [-0.25, -0.2) is 0 Å². The molecule has 112 valence electrons. The van der Waals surface area contributed by atoms with Crippen molar-refractivity contribution in [2.24, 2.45) is 5.92 Å². The summed E-state index contributed by atoms with van der Waals surface area (Å²) in [5.41, 5.74) is 8.17. The Morgan fingerprint density at radius 3 is 2.76 bits per heavy atom. The number of nitrogens with zero attached hydrogens (tertiary/aromatic N) is 1. The number of carbonyl (C=O) groups excluding carboxylic acids is 1. The van der Waals surface area contributed by atoms with Gasteiger partial charge in [0.25, 0.3) is 0 Å². The number of pyridine rings is 1. The van der Waals surface area contributed by atoms with Gasteiger partial charge in [0.2, 0.25) is 5.91 Å². The zero-order valence-corrected chi connectivity index (χ0v) is 12.7. The Hall–Kier alpha value is -2.30. The summed E-state index contributed by atoms with van der Waals surface area (Å²) in [4.78, 5) is 16.3. The summed E-state index contributed by atoms with van der Waals surface area (Å²) < 4.78 is 0. The molecular formula is C16H22N4O. The summed E-state index contributed by atoms with van der Waals surface area (Å²) in [5, 5.41) is 7.07. The van der Waals surface area contributed by atoms with Crippen LogP contribution < -0.4 is 16.4 Å². The Bertz CT molecular complexity index is 639. The van der Waals surface area contributed by atoms with Crippen LogP contribution in [0.2, 0.25) is 0 Å². The number of nitrogens with one attached hydrogen (secondary N) is 2. The van der Waals surface area contributed by atoms with Crippen molar-refractivity contribution in [3.63, 3.8) is 0 Å². The fraction of sp³-hybridized carbons (Fsp3) is 0.375. The van der Waals surface area contributed by atoms with E-state index in [9.17, 15) is 4.79 Å². The van der Waals surface area contributed by atoms with E-state index in [0.29, 0.717) is 18.2 Å². The smallest absolute Gasteiger partial charge is 0.242 e. The molecule has 0 aliphatic heterocycles. The van der Waals surface area contributed by atoms with Gasteiger partial charge in [0, 0.05) is 23.8 Å². The molecule has 1 aromatic heterocycles. The Balaban J connectivity index is 2.16. The Morgan fingerprint density at radius 2 is 2.05 bits per heavy atom. The summed E-state index contributed by atoms with van der Waals surface area (Å²) in [6.07, 6.45) is 1.71. The highest BCUT2D eigenvalue weighted by Crippen LogP contribution is 2.26. The van der Waals surface area contributed by atoms with Crippen molar-refractivity contribution >= 4 is 28.2 Å². The number of aromatic nitrogens is 1. The lowest BCUT2D eigenvalue weighted by molar-refractivity contribution is -0.121. The lowest BCUT2D eigenvalue weighted by atomic mass is 10.1. The number of benzene rings is 1. The highest BCUT2D eigenvalue weighted by molar-refractivity contribution is 5.99. The lowest BCUT2D eigenvalue weighted by Crippen LogP contribution is -2.39. The molecule has 0 bridgehead atoms. The van der Waals surface area contributed by atoms with Gasteiger partial charge in [-0.3, -0.25) is 9.78 Å². The van der Waals surface area contributed by atoms with Crippen LogP contribution >= 0.6 is 0 Å². The maximum absolute atomic E-state index is 12.0. The SMILES string of the molecule is CC(C)CNC(=O)C(C)Nc1ccc(N)c2ncccc12.